The van der Waals surface area contributed by atoms with Crippen LogP contribution in [0.25, 0.3) is 0 Å². The smallest absolute Gasteiger partial charge is 0.331 e. The van der Waals surface area contributed by atoms with Gasteiger partial charge in [-0.15, -0.1) is 0 Å². The van der Waals surface area contributed by atoms with Gasteiger partial charge in [-0.25, -0.2) is 4.79 Å². The summed E-state index contributed by atoms with van der Waals surface area (Å²) >= 11 is 0. The molecule has 58 valence electrons. The summed E-state index contributed by atoms with van der Waals surface area (Å²) in [5.74, 6) is -0.777. The Kier molecular flexibility index (Phi) is 1.07. The van der Waals surface area contributed by atoms with Gasteiger partial charge in [-0.2, -0.15) is 5.10 Å². The number of nitrogens with zero attached hydrogens (tertiary/aromatic N) is 2. The van der Waals surface area contributed by atoms with Crippen LogP contribution in [0.1, 0.15) is 12.8 Å². The standard InChI is InChI=1S/C7H8N2O2/c10-6(11)7(2-3-7)9-5-1-4-8-9/h1,4-5H,2-3H2,(H,10,11). The molecule has 1 N–H and O–H groups in total. The van der Waals surface area contributed by atoms with E-state index >= 15 is 0 Å². The van der Waals surface area contributed by atoms with Gasteiger partial charge in [0, 0.05) is 12.4 Å². The van der Waals surface area contributed by atoms with Crippen molar-refractivity contribution in [1.29, 1.82) is 0 Å². The molecule has 1 aliphatic carbocycles. The molecule has 0 amide bonds. The molecule has 1 saturated carbocycles. The fourth-order valence-electron chi connectivity index (χ4n) is 1.18. The third-order valence-electron chi connectivity index (χ3n) is 2.06. The van der Waals surface area contributed by atoms with Crippen LogP contribution < -0.4 is 0 Å². The number of aliphatic carboxylic acids is 1. The lowest BCUT2D eigenvalue weighted by atomic mass is 10.3. The van der Waals surface area contributed by atoms with Crippen LogP contribution in [0.3, 0.4) is 0 Å². The van der Waals surface area contributed by atoms with Crippen LogP contribution in [0.2, 0.25) is 0 Å². The van der Waals surface area contributed by atoms with Crippen molar-refractivity contribution in [3.63, 3.8) is 0 Å². The minimum absolute atomic E-state index is 0.698. The molecule has 0 unspecified atom stereocenters. The van der Waals surface area contributed by atoms with Crippen molar-refractivity contribution < 1.29 is 9.90 Å². The van der Waals surface area contributed by atoms with Gasteiger partial charge in [0.1, 0.15) is 0 Å². The lowest BCUT2D eigenvalue weighted by Gasteiger charge is -2.08. The monoisotopic (exact) mass is 152 g/mol. The molecule has 1 fully saturated rings. The summed E-state index contributed by atoms with van der Waals surface area (Å²) in [4.78, 5) is 10.7. The highest BCUT2D eigenvalue weighted by molar-refractivity contribution is 5.79. The quantitative estimate of drug-likeness (QED) is 0.669. The van der Waals surface area contributed by atoms with E-state index in [2.05, 4.69) is 5.10 Å². The maximum atomic E-state index is 10.7. The number of aromatic nitrogens is 2. The molecule has 0 atom stereocenters. The van der Waals surface area contributed by atoms with Gasteiger partial charge < -0.3 is 5.11 Å². The van der Waals surface area contributed by atoms with Crippen molar-refractivity contribution in [1.82, 2.24) is 9.78 Å². The zero-order valence-corrected chi connectivity index (χ0v) is 5.90. The van der Waals surface area contributed by atoms with Gasteiger partial charge in [0.25, 0.3) is 0 Å². The van der Waals surface area contributed by atoms with Crippen LogP contribution in [0.5, 0.6) is 0 Å². The van der Waals surface area contributed by atoms with Crippen molar-refractivity contribution in [2.24, 2.45) is 0 Å². The zero-order valence-electron chi connectivity index (χ0n) is 5.90. The molecule has 1 aromatic heterocycles. The third-order valence-corrected chi connectivity index (χ3v) is 2.06. The summed E-state index contributed by atoms with van der Waals surface area (Å²) < 4.78 is 1.52. The number of rotatable bonds is 2. The summed E-state index contributed by atoms with van der Waals surface area (Å²) in [6.07, 6.45) is 4.69. The van der Waals surface area contributed by atoms with E-state index in [0.29, 0.717) is 12.8 Å². The molecular formula is C7H8N2O2. The fourth-order valence-corrected chi connectivity index (χ4v) is 1.18. The highest BCUT2D eigenvalue weighted by Crippen LogP contribution is 2.42. The zero-order chi connectivity index (χ0) is 7.90. The molecule has 0 spiro atoms. The van der Waals surface area contributed by atoms with Gasteiger partial charge in [-0.3, -0.25) is 4.68 Å². The predicted molar refractivity (Wildman–Crippen MR) is 37.1 cm³/mol. The van der Waals surface area contributed by atoms with Crippen molar-refractivity contribution in [2.45, 2.75) is 18.4 Å². The van der Waals surface area contributed by atoms with Crippen molar-refractivity contribution in [2.75, 3.05) is 0 Å². The Morgan fingerprint density at radius 2 is 2.36 bits per heavy atom. The Balaban J connectivity index is 2.36. The van der Waals surface area contributed by atoms with Crippen molar-refractivity contribution in [3.05, 3.63) is 18.5 Å². The second kappa shape index (κ2) is 1.84. The molecule has 2 rings (SSSR count). The minimum atomic E-state index is -0.777. The normalized spacial score (nSPS) is 19.6. The lowest BCUT2D eigenvalue weighted by molar-refractivity contribution is -0.142. The molecule has 4 heteroatoms. The Bertz CT molecular complexity index is 275. The van der Waals surface area contributed by atoms with Gasteiger partial charge in [0.15, 0.2) is 5.54 Å². The number of carboxylic acids is 1. The average molecular weight is 152 g/mol. The number of hydrogen-bond acceptors (Lipinski definition) is 2. The first kappa shape index (κ1) is 6.39. The Hall–Kier alpha value is -1.32. The maximum Gasteiger partial charge on any atom is 0.331 e. The third kappa shape index (κ3) is 0.753. The molecular weight excluding hydrogens is 144 g/mol. The van der Waals surface area contributed by atoms with E-state index in [9.17, 15) is 4.79 Å². The molecule has 0 bridgehead atoms. The van der Waals surface area contributed by atoms with E-state index in [1.54, 1.807) is 18.5 Å². The number of carboxylic acid groups (broad SMARTS) is 1. The van der Waals surface area contributed by atoms with Crippen LogP contribution >= 0.6 is 0 Å². The fraction of sp³-hybridized carbons (Fsp3) is 0.429. The van der Waals surface area contributed by atoms with Crippen molar-refractivity contribution in [3.8, 4) is 0 Å². The molecule has 11 heavy (non-hydrogen) atoms. The lowest BCUT2D eigenvalue weighted by Crippen LogP contribution is -2.27. The second-order valence-corrected chi connectivity index (χ2v) is 2.79. The van der Waals surface area contributed by atoms with E-state index in [1.807, 2.05) is 0 Å². The van der Waals surface area contributed by atoms with Crippen molar-refractivity contribution >= 4 is 5.97 Å². The molecule has 0 radical (unpaired) electrons. The summed E-state index contributed by atoms with van der Waals surface area (Å²) in [5, 5.41) is 12.7. The highest BCUT2D eigenvalue weighted by Gasteiger charge is 2.52. The Morgan fingerprint density at radius 3 is 2.73 bits per heavy atom. The molecule has 1 aromatic rings. The summed E-state index contributed by atoms with van der Waals surface area (Å²) in [5.41, 5.74) is -0.705. The number of hydrogen-bond donors (Lipinski definition) is 1. The van der Waals surface area contributed by atoms with Crippen LogP contribution in [0.4, 0.5) is 0 Å². The Morgan fingerprint density at radius 1 is 1.64 bits per heavy atom. The first-order chi connectivity index (χ1) is 5.26. The van der Waals surface area contributed by atoms with E-state index in [4.69, 9.17) is 5.11 Å². The van der Waals surface area contributed by atoms with Crippen LogP contribution in [-0.2, 0) is 10.3 Å². The van der Waals surface area contributed by atoms with Gasteiger partial charge in [-0.1, -0.05) is 0 Å². The van der Waals surface area contributed by atoms with Gasteiger partial charge in [-0.05, 0) is 18.9 Å². The Labute approximate surface area is 63.4 Å². The van der Waals surface area contributed by atoms with Gasteiger partial charge in [0.05, 0.1) is 0 Å². The van der Waals surface area contributed by atoms with E-state index in [1.165, 1.54) is 4.68 Å². The molecule has 0 saturated heterocycles. The van der Waals surface area contributed by atoms with Gasteiger partial charge >= 0.3 is 5.97 Å². The van der Waals surface area contributed by atoms with E-state index < -0.39 is 11.5 Å². The average Bonchev–Trinajstić information content (AvgIpc) is 2.61. The van der Waals surface area contributed by atoms with Crippen LogP contribution in [0, 0.1) is 0 Å². The first-order valence-electron chi connectivity index (χ1n) is 3.49. The number of carbonyl (C=O) groups is 1. The largest absolute Gasteiger partial charge is 0.479 e. The van der Waals surface area contributed by atoms with Crippen LogP contribution in [-0.4, -0.2) is 20.9 Å². The second-order valence-electron chi connectivity index (χ2n) is 2.79. The highest BCUT2D eigenvalue weighted by atomic mass is 16.4. The summed E-state index contributed by atoms with van der Waals surface area (Å²) in [7, 11) is 0. The SMILES string of the molecule is O=C(O)C1(n2cccn2)CC1. The first-order valence-corrected chi connectivity index (χ1v) is 3.49. The molecule has 4 nitrogen and oxygen atoms in total. The van der Waals surface area contributed by atoms with E-state index in [0.717, 1.165) is 0 Å². The molecule has 0 aliphatic heterocycles. The topological polar surface area (TPSA) is 55.1 Å². The maximum absolute atomic E-state index is 10.7. The predicted octanol–water partition coefficient (Wildman–Crippen LogP) is 0.457. The summed E-state index contributed by atoms with van der Waals surface area (Å²) in [6.45, 7) is 0. The van der Waals surface area contributed by atoms with E-state index in [-0.39, 0.29) is 0 Å². The molecule has 0 aromatic carbocycles. The molecule has 1 heterocycles. The summed E-state index contributed by atoms with van der Waals surface area (Å²) in [6, 6.07) is 1.74. The minimum Gasteiger partial charge on any atom is -0.479 e. The van der Waals surface area contributed by atoms with Crippen LogP contribution in [0.15, 0.2) is 18.5 Å². The van der Waals surface area contributed by atoms with Gasteiger partial charge in [0.2, 0.25) is 0 Å². The molecule has 1 aliphatic rings.